The van der Waals surface area contributed by atoms with Crippen molar-refractivity contribution in [2.24, 2.45) is 5.41 Å². The van der Waals surface area contributed by atoms with Crippen LogP contribution in [0.4, 0.5) is 0 Å². The zero-order chi connectivity index (χ0) is 17.0. The quantitative estimate of drug-likeness (QED) is 0.827. The number of methoxy groups -OCH3 is 3. The molecular weight excluding hydrogens is 306 g/mol. The summed E-state index contributed by atoms with van der Waals surface area (Å²) in [6, 6.07) is 4.04. The van der Waals surface area contributed by atoms with Gasteiger partial charge in [0.2, 0.25) is 5.75 Å². The molecule has 0 unspecified atom stereocenters. The Morgan fingerprint density at radius 2 is 1.58 bits per heavy atom. The van der Waals surface area contributed by atoms with Gasteiger partial charge in [-0.1, -0.05) is 6.07 Å². The summed E-state index contributed by atoms with van der Waals surface area (Å²) >= 11 is 0. The lowest BCUT2D eigenvalue weighted by atomic mass is 9.72. The van der Waals surface area contributed by atoms with Crippen molar-refractivity contribution < 1.29 is 18.9 Å². The van der Waals surface area contributed by atoms with Crippen molar-refractivity contribution in [3.05, 3.63) is 17.7 Å². The molecule has 0 bridgehead atoms. The molecule has 5 heteroatoms. The predicted molar refractivity (Wildman–Crippen MR) is 93.1 cm³/mol. The van der Waals surface area contributed by atoms with Crippen LogP contribution in [0, 0.1) is 5.41 Å². The number of hydrogen-bond donors (Lipinski definition) is 0. The van der Waals surface area contributed by atoms with Gasteiger partial charge in [0, 0.05) is 25.3 Å². The molecule has 0 amide bonds. The maximum Gasteiger partial charge on any atom is 0.203 e. The van der Waals surface area contributed by atoms with Gasteiger partial charge in [-0.3, -0.25) is 4.90 Å². The fourth-order valence-corrected chi connectivity index (χ4v) is 4.02. The highest BCUT2D eigenvalue weighted by molar-refractivity contribution is 5.55. The molecule has 0 aliphatic carbocycles. The molecule has 1 aromatic rings. The van der Waals surface area contributed by atoms with Crippen LogP contribution in [-0.2, 0) is 11.3 Å². The van der Waals surface area contributed by atoms with Crippen LogP contribution in [0.1, 0.15) is 31.2 Å². The molecule has 5 nitrogen and oxygen atoms in total. The largest absolute Gasteiger partial charge is 0.493 e. The van der Waals surface area contributed by atoms with Crippen LogP contribution in [0.2, 0.25) is 0 Å². The van der Waals surface area contributed by atoms with E-state index in [1.807, 2.05) is 6.07 Å². The van der Waals surface area contributed by atoms with E-state index in [0.29, 0.717) is 16.9 Å². The minimum Gasteiger partial charge on any atom is -0.493 e. The smallest absolute Gasteiger partial charge is 0.203 e. The topological polar surface area (TPSA) is 40.2 Å². The average Bonchev–Trinajstić information content (AvgIpc) is 2.64. The Morgan fingerprint density at radius 1 is 0.917 bits per heavy atom. The fourth-order valence-electron chi connectivity index (χ4n) is 4.02. The van der Waals surface area contributed by atoms with Crippen LogP contribution in [-0.4, -0.2) is 52.5 Å². The maximum absolute atomic E-state index is 5.61. The molecule has 0 aromatic heterocycles. The molecule has 2 aliphatic rings. The van der Waals surface area contributed by atoms with E-state index in [-0.39, 0.29) is 0 Å². The molecule has 134 valence electrons. The molecule has 0 saturated carbocycles. The molecule has 0 N–H and O–H groups in total. The summed E-state index contributed by atoms with van der Waals surface area (Å²) in [5.41, 5.74) is 1.68. The van der Waals surface area contributed by atoms with Gasteiger partial charge >= 0.3 is 0 Å². The zero-order valence-corrected chi connectivity index (χ0v) is 15.1. The van der Waals surface area contributed by atoms with Crippen LogP contribution >= 0.6 is 0 Å². The normalized spacial score (nSPS) is 20.8. The van der Waals surface area contributed by atoms with Gasteiger partial charge in [-0.15, -0.1) is 0 Å². The molecule has 24 heavy (non-hydrogen) atoms. The van der Waals surface area contributed by atoms with Crippen molar-refractivity contribution in [1.82, 2.24) is 4.90 Å². The Kier molecular flexibility index (Phi) is 5.51. The first kappa shape index (κ1) is 17.4. The maximum atomic E-state index is 5.61. The SMILES string of the molecule is COc1ccc(CN2CCC3(CCOCC3)CC2)c(OC)c1OC. The molecule has 3 rings (SSSR count). The number of benzene rings is 1. The minimum absolute atomic E-state index is 0.524. The third-order valence-electron chi connectivity index (χ3n) is 5.65. The summed E-state index contributed by atoms with van der Waals surface area (Å²) in [6.07, 6.45) is 4.99. The van der Waals surface area contributed by atoms with E-state index in [1.165, 1.54) is 25.7 Å². The number of hydrogen-bond acceptors (Lipinski definition) is 5. The molecule has 1 aromatic carbocycles. The van der Waals surface area contributed by atoms with E-state index >= 15 is 0 Å². The second-order valence-electron chi connectivity index (χ2n) is 6.88. The van der Waals surface area contributed by atoms with Crippen molar-refractivity contribution in [3.63, 3.8) is 0 Å². The monoisotopic (exact) mass is 335 g/mol. The lowest BCUT2D eigenvalue weighted by Crippen LogP contribution is -2.42. The Morgan fingerprint density at radius 3 is 2.17 bits per heavy atom. The molecule has 0 atom stereocenters. The summed E-state index contributed by atoms with van der Waals surface area (Å²) < 4.78 is 22.0. The average molecular weight is 335 g/mol. The summed E-state index contributed by atoms with van der Waals surface area (Å²) in [5.74, 6) is 2.16. The van der Waals surface area contributed by atoms with Crippen molar-refractivity contribution >= 4 is 0 Å². The number of nitrogens with zero attached hydrogens (tertiary/aromatic N) is 1. The highest BCUT2D eigenvalue weighted by atomic mass is 16.5. The van der Waals surface area contributed by atoms with Crippen molar-refractivity contribution in [2.75, 3.05) is 47.6 Å². The lowest BCUT2D eigenvalue weighted by Gasteiger charge is -2.44. The Hall–Kier alpha value is -1.46. The van der Waals surface area contributed by atoms with E-state index in [1.54, 1.807) is 21.3 Å². The lowest BCUT2D eigenvalue weighted by molar-refractivity contribution is -0.0218. The summed E-state index contributed by atoms with van der Waals surface area (Å²) in [7, 11) is 4.99. The summed E-state index contributed by atoms with van der Waals surface area (Å²) in [4.78, 5) is 2.52. The second kappa shape index (κ2) is 7.62. The number of piperidine rings is 1. The predicted octanol–water partition coefficient (Wildman–Crippen LogP) is 3.11. The fraction of sp³-hybridized carbons (Fsp3) is 0.684. The van der Waals surface area contributed by atoms with Crippen LogP contribution in [0.5, 0.6) is 17.2 Å². The van der Waals surface area contributed by atoms with Gasteiger partial charge in [0.1, 0.15) is 0 Å². The van der Waals surface area contributed by atoms with Gasteiger partial charge in [0.25, 0.3) is 0 Å². The minimum atomic E-state index is 0.524. The summed E-state index contributed by atoms with van der Waals surface area (Å²) in [5, 5.41) is 0. The third kappa shape index (κ3) is 3.47. The van der Waals surface area contributed by atoms with E-state index in [0.717, 1.165) is 44.2 Å². The third-order valence-corrected chi connectivity index (χ3v) is 5.65. The molecule has 2 fully saturated rings. The molecule has 1 spiro atoms. The van der Waals surface area contributed by atoms with Crippen LogP contribution in [0.25, 0.3) is 0 Å². The van der Waals surface area contributed by atoms with Gasteiger partial charge in [0.15, 0.2) is 11.5 Å². The van der Waals surface area contributed by atoms with Gasteiger partial charge in [-0.05, 0) is 50.3 Å². The van der Waals surface area contributed by atoms with Gasteiger partial charge in [-0.25, -0.2) is 0 Å². The Bertz CT molecular complexity index is 545. The van der Waals surface area contributed by atoms with E-state index < -0.39 is 0 Å². The van der Waals surface area contributed by atoms with Gasteiger partial charge in [0.05, 0.1) is 21.3 Å². The zero-order valence-electron chi connectivity index (χ0n) is 15.1. The first-order chi connectivity index (χ1) is 11.7. The van der Waals surface area contributed by atoms with Crippen LogP contribution < -0.4 is 14.2 Å². The molecule has 0 radical (unpaired) electrons. The van der Waals surface area contributed by atoms with E-state index in [4.69, 9.17) is 18.9 Å². The van der Waals surface area contributed by atoms with E-state index in [2.05, 4.69) is 11.0 Å². The van der Waals surface area contributed by atoms with Crippen molar-refractivity contribution in [2.45, 2.75) is 32.2 Å². The molecule has 2 heterocycles. The molecule has 2 saturated heterocycles. The van der Waals surface area contributed by atoms with Crippen LogP contribution in [0.15, 0.2) is 12.1 Å². The van der Waals surface area contributed by atoms with Crippen molar-refractivity contribution in [3.8, 4) is 17.2 Å². The van der Waals surface area contributed by atoms with Crippen molar-refractivity contribution in [1.29, 1.82) is 0 Å². The molecule has 2 aliphatic heterocycles. The first-order valence-corrected chi connectivity index (χ1v) is 8.79. The second-order valence-corrected chi connectivity index (χ2v) is 6.88. The van der Waals surface area contributed by atoms with Gasteiger partial charge < -0.3 is 18.9 Å². The standard InChI is InChI=1S/C19H29NO4/c1-21-16-5-4-15(17(22-2)18(16)23-3)14-20-10-6-19(7-11-20)8-12-24-13-9-19/h4-5H,6-14H2,1-3H3. The van der Waals surface area contributed by atoms with Gasteiger partial charge in [-0.2, -0.15) is 0 Å². The Balaban J connectivity index is 1.68. The van der Waals surface area contributed by atoms with E-state index in [9.17, 15) is 0 Å². The summed E-state index contributed by atoms with van der Waals surface area (Å²) in [6.45, 7) is 5.03. The molecular formula is C19H29NO4. The highest BCUT2D eigenvalue weighted by Gasteiger charge is 2.36. The number of rotatable bonds is 5. The number of likely N-dealkylation sites (tertiary alicyclic amines) is 1. The highest BCUT2D eigenvalue weighted by Crippen LogP contribution is 2.43. The number of ether oxygens (including phenoxy) is 4. The first-order valence-electron chi connectivity index (χ1n) is 8.79. The Labute approximate surface area is 144 Å². The van der Waals surface area contributed by atoms with Crippen LogP contribution in [0.3, 0.4) is 0 Å².